The number of ether oxygens (including phenoxy) is 1. The number of fused-ring (bicyclic) bond motifs is 2. The zero-order valence-corrected chi connectivity index (χ0v) is 17.8. The number of amides is 2. The van der Waals surface area contributed by atoms with Crippen LogP contribution in [0.3, 0.4) is 0 Å². The van der Waals surface area contributed by atoms with Crippen LogP contribution in [0.2, 0.25) is 5.02 Å². The Hall–Kier alpha value is -3.90. The zero-order valence-electron chi connectivity index (χ0n) is 17.0. The number of pyridine rings is 1. The molecule has 0 saturated carbocycles. The number of rotatable bonds is 4. The van der Waals surface area contributed by atoms with Crippen LogP contribution in [0.4, 0.5) is 5.82 Å². The van der Waals surface area contributed by atoms with Crippen molar-refractivity contribution in [2.45, 2.75) is 6.61 Å². The lowest BCUT2D eigenvalue weighted by atomic mass is 10.1. The number of carbonyl (C=O) groups is 2. The minimum atomic E-state index is -0.508. The van der Waals surface area contributed by atoms with Gasteiger partial charge in [-0.15, -0.1) is 0 Å². The molecule has 5 rings (SSSR count). The number of halogens is 1. The van der Waals surface area contributed by atoms with Crippen molar-refractivity contribution >= 4 is 40.0 Å². The number of anilines is 1. The van der Waals surface area contributed by atoms with Crippen LogP contribution in [0.15, 0.2) is 77.6 Å². The van der Waals surface area contributed by atoms with Gasteiger partial charge in [0.2, 0.25) is 0 Å². The summed E-state index contributed by atoms with van der Waals surface area (Å²) in [6, 6.07) is 20.9. The van der Waals surface area contributed by atoms with E-state index in [2.05, 4.69) is 0 Å². The van der Waals surface area contributed by atoms with E-state index in [-0.39, 0.29) is 34.9 Å². The molecule has 1 aliphatic heterocycles. The Morgan fingerprint density at radius 2 is 1.44 bits per heavy atom. The number of nitrogens with zero attached hydrogens (tertiary/aromatic N) is 2. The summed E-state index contributed by atoms with van der Waals surface area (Å²) < 4.78 is 7.45. The maximum Gasteiger partial charge on any atom is 0.267 e. The minimum Gasteiger partial charge on any atom is -0.484 e. The molecule has 3 aromatic carbocycles. The second-order valence-corrected chi connectivity index (χ2v) is 7.91. The topological polar surface area (TPSA) is 68.6 Å². The van der Waals surface area contributed by atoms with Gasteiger partial charge in [-0.25, -0.2) is 4.90 Å². The molecule has 0 bridgehead atoms. The highest BCUT2D eigenvalue weighted by atomic mass is 35.5. The van der Waals surface area contributed by atoms with E-state index in [0.717, 1.165) is 10.5 Å². The summed E-state index contributed by atoms with van der Waals surface area (Å²) in [6.07, 6.45) is 0. The zero-order chi connectivity index (χ0) is 22.4. The average molecular weight is 445 g/mol. The predicted molar refractivity (Wildman–Crippen MR) is 123 cm³/mol. The molecule has 32 heavy (non-hydrogen) atoms. The van der Waals surface area contributed by atoms with Crippen molar-refractivity contribution in [1.82, 2.24) is 4.57 Å². The molecule has 158 valence electrons. The number of imide groups is 1. The molecule has 6 nitrogen and oxygen atoms in total. The number of aromatic nitrogens is 1. The van der Waals surface area contributed by atoms with E-state index in [1.54, 1.807) is 42.5 Å². The quantitative estimate of drug-likeness (QED) is 0.432. The van der Waals surface area contributed by atoms with Crippen molar-refractivity contribution in [3.05, 3.63) is 105 Å². The van der Waals surface area contributed by atoms with E-state index in [9.17, 15) is 14.4 Å². The van der Waals surface area contributed by atoms with Crippen LogP contribution >= 0.6 is 11.6 Å². The van der Waals surface area contributed by atoms with Gasteiger partial charge in [-0.3, -0.25) is 19.0 Å². The first-order chi connectivity index (χ1) is 15.5. The number of benzene rings is 3. The van der Waals surface area contributed by atoms with E-state index < -0.39 is 11.8 Å². The first kappa shape index (κ1) is 20.0. The lowest BCUT2D eigenvalue weighted by Crippen LogP contribution is -2.35. The van der Waals surface area contributed by atoms with Gasteiger partial charge in [-0.05, 0) is 35.9 Å². The van der Waals surface area contributed by atoms with Crippen LogP contribution < -0.4 is 15.2 Å². The van der Waals surface area contributed by atoms with Crippen molar-refractivity contribution in [1.29, 1.82) is 0 Å². The monoisotopic (exact) mass is 444 g/mol. The summed E-state index contributed by atoms with van der Waals surface area (Å²) in [5, 5.41) is 1.21. The molecule has 0 unspecified atom stereocenters. The fourth-order valence-electron chi connectivity index (χ4n) is 3.95. The highest BCUT2D eigenvalue weighted by molar-refractivity contribution is 6.35. The van der Waals surface area contributed by atoms with Crippen LogP contribution in [0.25, 0.3) is 10.8 Å². The molecule has 0 saturated heterocycles. The van der Waals surface area contributed by atoms with Crippen LogP contribution in [0.1, 0.15) is 26.3 Å². The van der Waals surface area contributed by atoms with Crippen molar-refractivity contribution in [3.63, 3.8) is 0 Å². The standard InChI is InChI=1S/C25H17ClN2O4/c1-27-22(28-24(30)17-9-5-6-10-18(17)25(28)31)21(32-14-15-7-3-2-4-8-15)20-13-16(26)11-12-19(20)23(27)29/h2-13H,14H2,1H3. The third-order valence-corrected chi connectivity index (χ3v) is 5.75. The van der Waals surface area contributed by atoms with Crippen LogP contribution in [0.5, 0.6) is 5.75 Å². The van der Waals surface area contributed by atoms with Crippen LogP contribution in [0, 0.1) is 0 Å². The predicted octanol–water partition coefficient (Wildman–Crippen LogP) is 4.57. The summed E-state index contributed by atoms with van der Waals surface area (Å²) in [7, 11) is 1.52. The van der Waals surface area contributed by atoms with Crippen molar-refractivity contribution in [2.75, 3.05) is 4.90 Å². The Morgan fingerprint density at radius 1 is 0.812 bits per heavy atom. The Balaban J connectivity index is 1.75. The van der Waals surface area contributed by atoms with Gasteiger partial charge in [0.15, 0.2) is 11.6 Å². The molecular formula is C25H17ClN2O4. The van der Waals surface area contributed by atoms with Gasteiger partial charge in [0.1, 0.15) is 6.61 Å². The largest absolute Gasteiger partial charge is 0.484 e. The van der Waals surface area contributed by atoms with Gasteiger partial charge in [0.25, 0.3) is 17.4 Å². The maximum absolute atomic E-state index is 13.2. The molecule has 1 aliphatic rings. The number of hydrogen-bond acceptors (Lipinski definition) is 4. The maximum atomic E-state index is 13.2. The Kier molecular flexibility index (Phi) is 4.79. The molecule has 0 spiro atoms. The molecular weight excluding hydrogens is 428 g/mol. The second-order valence-electron chi connectivity index (χ2n) is 7.47. The van der Waals surface area contributed by atoms with E-state index in [1.165, 1.54) is 11.6 Å². The summed E-state index contributed by atoms with van der Waals surface area (Å²) in [6.45, 7) is 0.177. The average Bonchev–Trinajstić information content (AvgIpc) is 3.06. The third kappa shape index (κ3) is 3.08. The first-order valence-electron chi connectivity index (χ1n) is 9.94. The number of carbonyl (C=O) groups excluding carboxylic acids is 2. The van der Waals surface area contributed by atoms with E-state index in [1.807, 2.05) is 30.3 Å². The number of hydrogen-bond donors (Lipinski definition) is 0. The first-order valence-corrected chi connectivity index (χ1v) is 10.3. The summed E-state index contributed by atoms with van der Waals surface area (Å²) in [4.78, 5) is 40.6. The molecule has 1 aromatic heterocycles. The van der Waals surface area contributed by atoms with Crippen molar-refractivity contribution in [2.24, 2.45) is 7.05 Å². The molecule has 4 aromatic rings. The lowest BCUT2D eigenvalue weighted by molar-refractivity contribution is 0.0922. The summed E-state index contributed by atoms with van der Waals surface area (Å²) in [5.41, 5.74) is 1.09. The van der Waals surface area contributed by atoms with Gasteiger partial charge < -0.3 is 4.74 Å². The van der Waals surface area contributed by atoms with Gasteiger partial charge in [0, 0.05) is 17.5 Å². The molecule has 2 amide bonds. The Labute approximate surface area is 188 Å². The highest BCUT2D eigenvalue weighted by Crippen LogP contribution is 2.39. The molecule has 0 N–H and O–H groups in total. The molecule has 0 aliphatic carbocycles. The fourth-order valence-corrected chi connectivity index (χ4v) is 4.12. The Bertz CT molecular complexity index is 1430. The summed E-state index contributed by atoms with van der Waals surface area (Å²) >= 11 is 6.23. The van der Waals surface area contributed by atoms with Crippen LogP contribution in [-0.2, 0) is 13.7 Å². The fraction of sp³-hybridized carbons (Fsp3) is 0.0800. The molecule has 0 fully saturated rings. The van der Waals surface area contributed by atoms with Gasteiger partial charge in [-0.1, -0.05) is 54.1 Å². The SMILES string of the molecule is Cn1c(N2C(=O)c3ccccc3C2=O)c(OCc2ccccc2)c2cc(Cl)ccc2c1=O. The summed E-state index contributed by atoms with van der Waals surface area (Å²) in [5.74, 6) is -0.701. The lowest BCUT2D eigenvalue weighted by Gasteiger charge is -2.23. The minimum absolute atomic E-state index is 0.0758. The second kappa shape index (κ2) is 7.66. The van der Waals surface area contributed by atoms with Gasteiger partial charge in [0.05, 0.1) is 16.5 Å². The molecule has 7 heteroatoms. The van der Waals surface area contributed by atoms with E-state index in [0.29, 0.717) is 15.8 Å². The van der Waals surface area contributed by atoms with Crippen LogP contribution in [-0.4, -0.2) is 16.4 Å². The Morgan fingerprint density at radius 3 is 2.09 bits per heavy atom. The van der Waals surface area contributed by atoms with E-state index >= 15 is 0 Å². The van der Waals surface area contributed by atoms with Gasteiger partial charge >= 0.3 is 0 Å². The third-order valence-electron chi connectivity index (χ3n) is 5.51. The molecule has 0 atom stereocenters. The van der Waals surface area contributed by atoms with E-state index in [4.69, 9.17) is 16.3 Å². The molecule has 2 heterocycles. The van der Waals surface area contributed by atoms with Crippen molar-refractivity contribution in [3.8, 4) is 5.75 Å². The highest BCUT2D eigenvalue weighted by Gasteiger charge is 2.40. The van der Waals surface area contributed by atoms with Crippen molar-refractivity contribution < 1.29 is 14.3 Å². The smallest absolute Gasteiger partial charge is 0.267 e. The van der Waals surface area contributed by atoms with Gasteiger partial charge in [-0.2, -0.15) is 0 Å². The normalized spacial score (nSPS) is 13.0. The molecule has 0 radical (unpaired) electrons.